The lowest BCUT2D eigenvalue weighted by molar-refractivity contribution is -0.385. The molecule has 0 fully saturated rings. The summed E-state index contributed by atoms with van der Waals surface area (Å²) >= 11 is 0. The number of ether oxygens (including phenoxy) is 1. The number of carbonyl (C=O) groups is 1. The van der Waals surface area contributed by atoms with E-state index in [-0.39, 0.29) is 21.8 Å². The molecule has 0 atom stereocenters. The molecule has 0 unspecified atom stereocenters. The maximum absolute atomic E-state index is 13.2. The molecule has 0 radical (unpaired) electrons. The van der Waals surface area contributed by atoms with Gasteiger partial charge in [0.15, 0.2) is 0 Å². The fraction of sp³-hybridized carbons (Fsp3) is 0.0909. The van der Waals surface area contributed by atoms with E-state index in [1.165, 1.54) is 49.6 Å². The largest absolute Gasteiger partial charge is 0.497 e. The number of nitro benzene ring substituents is 1. The van der Waals surface area contributed by atoms with Gasteiger partial charge in [0, 0.05) is 6.07 Å². The smallest absolute Gasteiger partial charge is 0.278 e. The second kappa shape index (κ2) is 10.4. The Morgan fingerprint density at radius 2 is 1.70 bits per heavy atom. The van der Waals surface area contributed by atoms with E-state index in [9.17, 15) is 23.3 Å². The van der Waals surface area contributed by atoms with Gasteiger partial charge in [-0.25, -0.2) is 13.8 Å². The topological polar surface area (TPSA) is 131 Å². The number of nitrogens with one attached hydrogen (secondary N) is 1. The van der Waals surface area contributed by atoms with Crippen molar-refractivity contribution in [3.63, 3.8) is 0 Å². The highest BCUT2D eigenvalue weighted by atomic mass is 32.2. The molecule has 11 heteroatoms. The molecule has 0 aliphatic carbocycles. The van der Waals surface area contributed by atoms with Crippen molar-refractivity contribution < 1.29 is 22.9 Å². The minimum atomic E-state index is -4.07. The number of amides is 1. The predicted octanol–water partition coefficient (Wildman–Crippen LogP) is 2.95. The average molecular weight is 468 g/mol. The normalized spacial score (nSPS) is 11.2. The molecule has 0 heterocycles. The van der Waals surface area contributed by atoms with Crippen molar-refractivity contribution in [1.29, 1.82) is 0 Å². The van der Waals surface area contributed by atoms with E-state index in [1.807, 2.05) is 0 Å². The van der Waals surface area contributed by atoms with Crippen LogP contribution in [0.15, 0.2) is 88.9 Å². The van der Waals surface area contributed by atoms with Gasteiger partial charge in [0.25, 0.3) is 21.6 Å². The molecule has 33 heavy (non-hydrogen) atoms. The van der Waals surface area contributed by atoms with E-state index in [1.54, 1.807) is 36.4 Å². The third kappa shape index (κ3) is 5.71. The zero-order chi connectivity index (χ0) is 23.8. The van der Waals surface area contributed by atoms with Gasteiger partial charge in [-0.1, -0.05) is 30.3 Å². The van der Waals surface area contributed by atoms with E-state index in [0.29, 0.717) is 5.75 Å². The number of hydrogen-bond acceptors (Lipinski definition) is 7. The van der Waals surface area contributed by atoms with Crippen molar-refractivity contribution in [2.75, 3.05) is 18.0 Å². The summed E-state index contributed by atoms with van der Waals surface area (Å²) in [5, 5.41) is 14.8. The van der Waals surface area contributed by atoms with Crippen LogP contribution in [0.5, 0.6) is 5.75 Å². The van der Waals surface area contributed by atoms with Crippen molar-refractivity contribution in [2.24, 2.45) is 5.10 Å². The zero-order valence-electron chi connectivity index (χ0n) is 17.5. The Morgan fingerprint density at radius 3 is 2.33 bits per heavy atom. The predicted molar refractivity (Wildman–Crippen MR) is 123 cm³/mol. The summed E-state index contributed by atoms with van der Waals surface area (Å²) in [6.07, 6.45) is 1.12. The highest BCUT2D eigenvalue weighted by molar-refractivity contribution is 7.92. The first-order valence-electron chi connectivity index (χ1n) is 9.60. The van der Waals surface area contributed by atoms with Gasteiger partial charge in [-0.05, 0) is 42.5 Å². The quantitative estimate of drug-likeness (QED) is 0.292. The number of nitrogens with zero attached hydrogens (tertiary/aromatic N) is 3. The van der Waals surface area contributed by atoms with Gasteiger partial charge in [-0.2, -0.15) is 5.10 Å². The third-order valence-electron chi connectivity index (χ3n) is 4.51. The summed E-state index contributed by atoms with van der Waals surface area (Å²) in [5.41, 5.74) is 2.48. The fourth-order valence-corrected chi connectivity index (χ4v) is 4.33. The fourth-order valence-electron chi connectivity index (χ4n) is 2.89. The summed E-state index contributed by atoms with van der Waals surface area (Å²) < 4.78 is 32.5. The first kappa shape index (κ1) is 23.4. The molecular weight excluding hydrogens is 448 g/mol. The lowest BCUT2D eigenvalue weighted by Crippen LogP contribution is -2.39. The Hall–Kier alpha value is -4.25. The van der Waals surface area contributed by atoms with Gasteiger partial charge in [0.05, 0.1) is 34.4 Å². The Labute approximate surface area is 190 Å². The van der Waals surface area contributed by atoms with Gasteiger partial charge in [-0.3, -0.25) is 19.2 Å². The highest BCUT2D eigenvalue weighted by Crippen LogP contribution is 2.25. The molecule has 3 rings (SSSR count). The van der Waals surface area contributed by atoms with Crippen LogP contribution in [0.3, 0.4) is 0 Å². The first-order chi connectivity index (χ1) is 15.8. The Kier molecular flexibility index (Phi) is 7.36. The van der Waals surface area contributed by atoms with Crippen LogP contribution < -0.4 is 14.5 Å². The molecule has 1 amide bonds. The van der Waals surface area contributed by atoms with Gasteiger partial charge in [0.1, 0.15) is 12.3 Å². The van der Waals surface area contributed by atoms with Crippen molar-refractivity contribution in [1.82, 2.24) is 5.43 Å². The highest BCUT2D eigenvalue weighted by Gasteiger charge is 2.27. The molecule has 0 saturated heterocycles. The molecule has 170 valence electrons. The SMILES string of the molecule is COc1ccc(N(CC(=O)N/N=C\c2ccccc2[N+](=O)[O-])S(=O)(=O)c2ccccc2)cc1. The summed E-state index contributed by atoms with van der Waals surface area (Å²) in [5.74, 6) is -0.213. The van der Waals surface area contributed by atoms with Crippen LogP contribution >= 0.6 is 0 Å². The minimum Gasteiger partial charge on any atom is -0.497 e. The Bertz CT molecular complexity index is 1260. The molecule has 3 aromatic carbocycles. The number of sulfonamides is 1. The molecule has 0 bridgehead atoms. The molecule has 3 aromatic rings. The maximum Gasteiger partial charge on any atom is 0.278 e. The van der Waals surface area contributed by atoms with Crippen LogP contribution in [0, 0.1) is 10.1 Å². The van der Waals surface area contributed by atoms with Crippen molar-refractivity contribution >= 4 is 33.5 Å². The van der Waals surface area contributed by atoms with Crippen LogP contribution in [0.4, 0.5) is 11.4 Å². The first-order valence-corrected chi connectivity index (χ1v) is 11.0. The lowest BCUT2D eigenvalue weighted by atomic mass is 10.2. The van der Waals surface area contributed by atoms with Crippen LogP contribution in [-0.4, -0.2) is 39.1 Å². The number of hydrogen-bond donors (Lipinski definition) is 1. The third-order valence-corrected chi connectivity index (χ3v) is 6.29. The number of nitro groups is 1. The molecule has 0 saturated carbocycles. The second-order valence-electron chi connectivity index (χ2n) is 6.63. The van der Waals surface area contributed by atoms with Crippen molar-refractivity contribution in [3.8, 4) is 5.75 Å². The summed E-state index contributed by atoms with van der Waals surface area (Å²) in [4.78, 5) is 23.1. The second-order valence-corrected chi connectivity index (χ2v) is 8.49. The molecule has 0 spiro atoms. The molecule has 1 N–H and O–H groups in total. The van der Waals surface area contributed by atoms with E-state index in [0.717, 1.165) is 10.5 Å². The van der Waals surface area contributed by atoms with E-state index in [4.69, 9.17) is 4.74 Å². The molecule has 0 aromatic heterocycles. The number of anilines is 1. The van der Waals surface area contributed by atoms with E-state index >= 15 is 0 Å². The molecular formula is C22H20N4O6S. The van der Waals surface area contributed by atoms with Gasteiger partial charge < -0.3 is 4.74 Å². The zero-order valence-corrected chi connectivity index (χ0v) is 18.3. The summed E-state index contributed by atoms with van der Waals surface area (Å²) in [7, 11) is -2.59. The van der Waals surface area contributed by atoms with Crippen LogP contribution in [-0.2, 0) is 14.8 Å². The van der Waals surface area contributed by atoms with Crippen LogP contribution in [0.2, 0.25) is 0 Å². The maximum atomic E-state index is 13.2. The van der Waals surface area contributed by atoms with E-state index in [2.05, 4.69) is 10.5 Å². The standard InChI is InChI=1S/C22H20N4O6S/c1-32-19-13-11-18(12-14-19)25(33(30,31)20-8-3-2-4-9-20)16-22(27)24-23-15-17-7-5-6-10-21(17)26(28)29/h2-15H,16H2,1H3,(H,24,27)/b23-15-. The Balaban J connectivity index is 1.84. The number of rotatable bonds is 9. The number of methoxy groups -OCH3 is 1. The number of hydrazone groups is 1. The van der Waals surface area contributed by atoms with Gasteiger partial charge in [0.2, 0.25) is 0 Å². The molecule has 0 aliphatic rings. The number of carbonyl (C=O) groups excluding carboxylic acids is 1. The molecule has 10 nitrogen and oxygen atoms in total. The lowest BCUT2D eigenvalue weighted by Gasteiger charge is -2.23. The molecule has 0 aliphatic heterocycles. The van der Waals surface area contributed by atoms with Gasteiger partial charge >= 0.3 is 0 Å². The average Bonchev–Trinajstić information content (AvgIpc) is 2.83. The van der Waals surface area contributed by atoms with Crippen LogP contribution in [0.25, 0.3) is 0 Å². The van der Waals surface area contributed by atoms with Gasteiger partial charge in [-0.15, -0.1) is 0 Å². The number of para-hydroxylation sites is 1. The van der Waals surface area contributed by atoms with Crippen molar-refractivity contribution in [2.45, 2.75) is 4.90 Å². The summed E-state index contributed by atoms with van der Waals surface area (Å²) in [6.45, 7) is -0.572. The van der Waals surface area contributed by atoms with Crippen molar-refractivity contribution in [3.05, 3.63) is 94.5 Å². The van der Waals surface area contributed by atoms with Crippen LogP contribution in [0.1, 0.15) is 5.56 Å². The Morgan fingerprint density at radius 1 is 1.06 bits per heavy atom. The summed E-state index contributed by atoms with van der Waals surface area (Å²) in [6, 6.07) is 19.8. The monoisotopic (exact) mass is 468 g/mol. The number of benzene rings is 3. The van der Waals surface area contributed by atoms with E-state index < -0.39 is 27.4 Å². The minimum absolute atomic E-state index is 0.0111.